The Balaban J connectivity index is 0.00000243. The SMILES string of the molecule is CN(C[CH]CC1(c2ccccc2)SCCCS1)CCc1ccccc1.Cl. The second-order valence-corrected chi connectivity index (χ2v) is 9.71. The summed E-state index contributed by atoms with van der Waals surface area (Å²) in [6.45, 7) is 2.17. The van der Waals surface area contributed by atoms with Crippen molar-refractivity contribution >= 4 is 35.9 Å². The fraction of sp³-hybridized carbons (Fsp3) is 0.409. The monoisotopic (exact) mass is 406 g/mol. The average Bonchev–Trinajstić information content (AvgIpc) is 2.69. The number of likely N-dealkylation sites (N-methyl/N-ethyl adjacent to an activating group) is 1. The van der Waals surface area contributed by atoms with E-state index in [2.05, 4.69) is 103 Å². The van der Waals surface area contributed by atoms with E-state index in [1.54, 1.807) is 0 Å². The highest BCUT2D eigenvalue weighted by molar-refractivity contribution is 8.18. The molecule has 1 aliphatic rings. The van der Waals surface area contributed by atoms with Crippen molar-refractivity contribution < 1.29 is 0 Å². The Bertz CT molecular complexity index is 615. The number of hydrogen-bond acceptors (Lipinski definition) is 3. The van der Waals surface area contributed by atoms with Crippen LogP contribution in [0.1, 0.15) is 24.0 Å². The number of thioether (sulfide) groups is 2. The molecule has 1 radical (unpaired) electrons. The molecule has 0 atom stereocenters. The van der Waals surface area contributed by atoms with Crippen LogP contribution in [-0.4, -0.2) is 36.5 Å². The molecule has 3 rings (SSSR count). The van der Waals surface area contributed by atoms with Gasteiger partial charge < -0.3 is 4.90 Å². The van der Waals surface area contributed by atoms with Gasteiger partial charge in [0, 0.05) is 13.1 Å². The van der Waals surface area contributed by atoms with Gasteiger partial charge in [0.15, 0.2) is 0 Å². The zero-order valence-corrected chi connectivity index (χ0v) is 17.9. The molecule has 2 aromatic carbocycles. The molecule has 0 spiro atoms. The Kier molecular flexibility index (Phi) is 9.41. The van der Waals surface area contributed by atoms with Crippen LogP contribution in [-0.2, 0) is 10.5 Å². The summed E-state index contributed by atoms with van der Waals surface area (Å²) in [4.78, 5) is 2.43. The van der Waals surface area contributed by atoms with Crippen LogP contribution in [0, 0.1) is 6.42 Å². The maximum atomic E-state index is 2.49. The first-order chi connectivity index (χ1) is 12.3. The van der Waals surface area contributed by atoms with Gasteiger partial charge in [-0.25, -0.2) is 0 Å². The summed E-state index contributed by atoms with van der Waals surface area (Å²) in [5.74, 6) is 2.55. The molecular weight excluding hydrogens is 378 g/mol. The van der Waals surface area contributed by atoms with Crippen molar-refractivity contribution in [1.29, 1.82) is 0 Å². The van der Waals surface area contributed by atoms with Gasteiger partial charge in [0.05, 0.1) is 4.08 Å². The molecule has 0 aromatic heterocycles. The van der Waals surface area contributed by atoms with Crippen LogP contribution in [0.15, 0.2) is 60.7 Å². The fourth-order valence-electron chi connectivity index (χ4n) is 3.20. The first kappa shape index (κ1) is 21.7. The van der Waals surface area contributed by atoms with Gasteiger partial charge in [-0.2, -0.15) is 0 Å². The van der Waals surface area contributed by atoms with E-state index in [1.165, 1.54) is 29.1 Å². The second kappa shape index (κ2) is 11.3. The molecule has 0 N–H and O–H groups in total. The van der Waals surface area contributed by atoms with Gasteiger partial charge >= 0.3 is 0 Å². The standard InChI is InChI=1S/C22H28NS2.ClH/c1-23(17-14-20-10-4-2-5-11-20)16-8-15-22(24-18-9-19-25-22)21-12-6-3-7-13-21;/h2-8,10-13H,9,14-19H2,1H3;1H. The molecule has 0 bridgehead atoms. The Labute approximate surface area is 173 Å². The molecule has 1 saturated heterocycles. The molecule has 1 heterocycles. The normalized spacial score (nSPS) is 16.2. The van der Waals surface area contributed by atoms with Crippen molar-refractivity contribution in [2.45, 2.75) is 23.3 Å². The summed E-state index contributed by atoms with van der Waals surface area (Å²) in [5.41, 5.74) is 2.90. The topological polar surface area (TPSA) is 3.24 Å². The van der Waals surface area contributed by atoms with E-state index < -0.39 is 0 Å². The van der Waals surface area contributed by atoms with Crippen LogP contribution in [0.25, 0.3) is 0 Å². The molecule has 0 saturated carbocycles. The molecule has 1 nitrogen and oxygen atoms in total. The van der Waals surface area contributed by atoms with Gasteiger partial charge in [-0.1, -0.05) is 60.7 Å². The number of nitrogens with zero attached hydrogens (tertiary/aromatic N) is 1. The van der Waals surface area contributed by atoms with Gasteiger partial charge in [0.25, 0.3) is 0 Å². The molecule has 1 fully saturated rings. The Morgan fingerprint density at radius 2 is 1.58 bits per heavy atom. The number of hydrogen-bond donors (Lipinski definition) is 0. The predicted octanol–water partition coefficient (Wildman–Crippen LogP) is 5.90. The van der Waals surface area contributed by atoms with Crippen LogP contribution < -0.4 is 0 Å². The smallest absolute Gasteiger partial charge is 0.0863 e. The first-order valence-corrected chi connectivity index (χ1v) is 11.1. The summed E-state index contributed by atoms with van der Waals surface area (Å²) in [5, 5.41) is 0. The summed E-state index contributed by atoms with van der Waals surface area (Å²) < 4.78 is 0.222. The quantitative estimate of drug-likeness (QED) is 0.537. The van der Waals surface area contributed by atoms with Crippen LogP contribution in [0.4, 0.5) is 0 Å². The van der Waals surface area contributed by atoms with Crippen LogP contribution in [0.2, 0.25) is 0 Å². The Hall–Kier alpha value is -0.610. The third-order valence-electron chi connectivity index (χ3n) is 4.65. The van der Waals surface area contributed by atoms with E-state index in [-0.39, 0.29) is 16.5 Å². The van der Waals surface area contributed by atoms with Gasteiger partial charge in [0.1, 0.15) is 0 Å². The lowest BCUT2D eigenvalue weighted by atomic mass is 10.1. The summed E-state index contributed by atoms with van der Waals surface area (Å²) in [6.07, 6.45) is 6.09. The van der Waals surface area contributed by atoms with Crippen molar-refractivity contribution in [1.82, 2.24) is 4.90 Å². The largest absolute Gasteiger partial charge is 0.306 e. The van der Waals surface area contributed by atoms with Gasteiger partial charge in [-0.15, -0.1) is 35.9 Å². The van der Waals surface area contributed by atoms with Crippen molar-refractivity contribution in [2.75, 3.05) is 31.6 Å². The highest BCUT2D eigenvalue weighted by Crippen LogP contribution is 2.53. The van der Waals surface area contributed by atoms with E-state index in [0.717, 1.165) is 25.9 Å². The van der Waals surface area contributed by atoms with Crippen molar-refractivity contribution in [2.24, 2.45) is 0 Å². The van der Waals surface area contributed by atoms with E-state index in [1.807, 2.05) is 0 Å². The molecule has 1 aliphatic heterocycles. The first-order valence-electron chi connectivity index (χ1n) is 9.16. The van der Waals surface area contributed by atoms with Crippen LogP contribution in [0.5, 0.6) is 0 Å². The molecule has 4 heteroatoms. The fourth-order valence-corrected chi connectivity index (χ4v) is 6.53. The maximum Gasteiger partial charge on any atom is 0.0863 e. The Morgan fingerprint density at radius 1 is 0.962 bits per heavy atom. The van der Waals surface area contributed by atoms with Crippen molar-refractivity contribution in [3.8, 4) is 0 Å². The molecular formula is C22H29ClNS2. The van der Waals surface area contributed by atoms with E-state index in [4.69, 9.17) is 0 Å². The minimum atomic E-state index is 0. The van der Waals surface area contributed by atoms with Crippen molar-refractivity contribution in [3.05, 3.63) is 78.2 Å². The Morgan fingerprint density at radius 3 is 2.23 bits per heavy atom. The molecule has 0 aliphatic carbocycles. The van der Waals surface area contributed by atoms with Gasteiger partial charge in [-0.05, 0) is 55.4 Å². The highest BCUT2D eigenvalue weighted by Gasteiger charge is 2.35. The summed E-state index contributed by atoms with van der Waals surface area (Å²) in [6, 6.07) is 21.9. The zero-order chi connectivity index (χ0) is 17.4. The molecule has 0 unspecified atom stereocenters. The lowest BCUT2D eigenvalue weighted by molar-refractivity contribution is 0.359. The lowest BCUT2D eigenvalue weighted by Gasteiger charge is -2.37. The third-order valence-corrected chi connectivity index (χ3v) is 8.08. The molecule has 0 amide bonds. The minimum absolute atomic E-state index is 0. The second-order valence-electron chi connectivity index (χ2n) is 6.66. The number of rotatable bonds is 8. The average molecular weight is 407 g/mol. The molecule has 141 valence electrons. The highest BCUT2D eigenvalue weighted by atomic mass is 35.5. The minimum Gasteiger partial charge on any atom is -0.306 e. The van der Waals surface area contributed by atoms with E-state index in [9.17, 15) is 0 Å². The van der Waals surface area contributed by atoms with Crippen LogP contribution >= 0.6 is 35.9 Å². The molecule has 2 aromatic rings. The van der Waals surface area contributed by atoms with Crippen LogP contribution in [0.3, 0.4) is 0 Å². The van der Waals surface area contributed by atoms with Gasteiger partial charge in [-0.3, -0.25) is 0 Å². The summed E-state index contributed by atoms with van der Waals surface area (Å²) in [7, 11) is 2.23. The lowest BCUT2D eigenvalue weighted by Crippen LogP contribution is -2.27. The zero-order valence-electron chi connectivity index (χ0n) is 15.5. The van der Waals surface area contributed by atoms with Crippen molar-refractivity contribution in [3.63, 3.8) is 0 Å². The number of halogens is 1. The third kappa shape index (κ3) is 6.23. The summed E-state index contributed by atoms with van der Waals surface area (Å²) >= 11 is 4.28. The van der Waals surface area contributed by atoms with E-state index in [0.29, 0.717) is 0 Å². The van der Waals surface area contributed by atoms with E-state index >= 15 is 0 Å². The predicted molar refractivity (Wildman–Crippen MR) is 121 cm³/mol. The molecule has 26 heavy (non-hydrogen) atoms. The van der Waals surface area contributed by atoms with Gasteiger partial charge in [0.2, 0.25) is 0 Å². The maximum absolute atomic E-state index is 2.49. The number of benzene rings is 2.